The Hall–Kier alpha value is -1.13. The topological polar surface area (TPSA) is 90.3 Å². The fourth-order valence-corrected chi connectivity index (χ4v) is 2.08. The summed E-state index contributed by atoms with van der Waals surface area (Å²) in [4.78, 5) is 13.1. The summed E-state index contributed by atoms with van der Waals surface area (Å²) in [5.41, 5.74) is 0. The highest BCUT2D eigenvalue weighted by Gasteiger charge is 2.26. The summed E-state index contributed by atoms with van der Waals surface area (Å²) in [6.45, 7) is 1.55. The maximum atomic E-state index is 11.7. The molecule has 1 rings (SSSR count). The van der Waals surface area contributed by atoms with Gasteiger partial charge in [-0.3, -0.25) is 4.79 Å². The number of hydrogen-bond acceptors (Lipinski definition) is 5. The van der Waals surface area contributed by atoms with Crippen LogP contribution in [0.3, 0.4) is 0 Å². The van der Waals surface area contributed by atoms with Crippen molar-refractivity contribution in [1.29, 1.82) is 5.26 Å². The molecule has 0 spiro atoms. The van der Waals surface area contributed by atoms with Crippen LogP contribution in [-0.4, -0.2) is 56.9 Å². The van der Waals surface area contributed by atoms with Crippen molar-refractivity contribution in [3.8, 4) is 6.07 Å². The highest BCUT2D eigenvalue weighted by atomic mass is 32.2. The number of rotatable bonds is 3. The van der Waals surface area contributed by atoms with Gasteiger partial charge in [-0.15, -0.1) is 0 Å². The molecule has 0 aromatic heterocycles. The van der Waals surface area contributed by atoms with Gasteiger partial charge >= 0.3 is 0 Å². The van der Waals surface area contributed by atoms with E-state index in [0.29, 0.717) is 19.6 Å². The van der Waals surface area contributed by atoms with Crippen LogP contribution < -0.4 is 5.32 Å². The van der Waals surface area contributed by atoms with Crippen molar-refractivity contribution >= 4 is 15.7 Å². The summed E-state index contributed by atoms with van der Waals surface area (Å²) in [5.74, 6) is -0.424. The van der Waals surface area contributed by atoms with Crippen LogP contribution >= 0.6 is 0 Å². The van der Waals surface area contributed by atoms with Crippen LogP contribution in [0.1, 0.15) is 6.42 Å². The summed E-state index contributed by atoms with van der Waals surface area (Å²) >= 11 is 0. The lowest BCUT2D eigenvalue weighted by Crippen LogP contribution is -2.53. The van der Waals surface area contributed by atoms with Gasteiger partial charge in [-0.25, -0.2) is 8.42 Å². The highest BCUT2D eigenvalue weighted by molar-refractivity contribution is 7.90. The number of carbonyl (C=O) groups is 1. The minimum atomic E-state index is -3.13. The molecule has 1 saturated heterocycles. The predicted molar refractivity (Wildman–Crippen MR) is 58.3 cm³/mol. The lowest BCUT2D eigenvalue weighted by atomic mass is 10.2. The van der Waals surface area contributed by atoms with Crippen LogP contribution in [0, 0.1) is 11.3 Å². The zero-order chi connectivity index (χ0) is 12.2. The van der Waals surface area contributed by atoms with Crippen molar-refractivity contribution in [2.75, 3.05) is 31.6 Å². The lowest BCUT2D eigenvalue weighted by molar-refractivity contribution is -0.132. The third kappa shape index (κ3) is 3.79. The van der Waals surface area contributed by atoms with Crippen molar-refractivity contribution < 1.29 is 13.2 Å². The smallest absolute Gasteiger partial charge is 0.224 e. The molecule has 1 N–H and O–H groups in total. The molecule has 0 saturated carbocycles. The van der Waals surface area contributed by atoms with E-state index < -0.39 is 15.9 Å². The molecule has 0 aromatic rings. The quantitative estimate of drug-likeness (QED) is 0.670. The van der Waals surface area contributed by atoms with Crippen molar-refractivity contribution in [2.45, 2.75) is 12.5 Å². The van der Waals surface area contributed by atoms with Gasteiger partial charge in [0.25, 0.3) is 0 Å². The lowest BCUT2D eigenvalue weighted by Gasteiger charge is -2.31. The van der Waals surface area contributed by atoms with Crippen molar-refractivity contribution in [1.82, 2.24) is 10.2 Å². The van der Waals surface area contributed by atoms with Crippen molar-refractivity contribution in [2.24, 2.45) is 0 Å². The SMILES string of the molecule is CS(=O)(=O)CCC(=O)N1CCNCC1C#N. The second kappa shape index (κ2) is 5.27. The standard InChI is InChI=1S/C9H15N3O3S/c1-16(14,15)5-2-9(13)12-4-3-11-7-8(12)6-10/h8,11H,2-5,7H2,1H3. The molecule has 1 amide bonds. The van der Waals surface area contributed by atoms with Gasteiger partial charge in [0, 0.05) is 32.3 Å². The molecule has 1 fully saturated rings. The molecule has 0 bridgehead atoms. The summed E-state index contributed by atoms with van der Waals surface area (Å²) in [7, 11) is -3.13. The van der Waals surface area contributed by atoms with Gasteiger partial charge in [0.05, 0.1) is 11.8 Å². The van der Waals surface area contributed by atoms with E-state index in [-0.39, 0.29) is 18.1 Å². The van der Waals surface area contributed by atoms with Crippen LogP contribution in [0.4, 0.5) is 0 Å². The number of nitriles is 1. The Labute approximate surface area is 95.1 Å². The van der Waals surface area contributed by atoms with E-state index >= 15 is 0 Å². The third-order valence-electron chi connectivity index (χ3n) is 2.40. The molecule has 1 heterocycles. The van der Waals surface area contributed by atoms with E-state index in [4.69, 9.17) is 5.26 Å². The Bertz CT molecular complexity index is 399. The Kier molecular flexibility index (Phi) is 4.26. The summed E-state index contributed by atoms with van der Waals surface area (Å²) in [6, 6.07) is 1.54. The van der Waals surface area contributed by atoms with Gasteiger partial charge < -0.3 is 10.2 Å². The van der Waals surface area contributed by atoms with Crippen molar-refractivity contribution in [3.63, 3.8) is 0 Å². The molecule has 0 aromatic carbocycles. The van der Waals surface area contributed by atoms with E-state index in [2.05, 4.69) is 5.32 Å². The first-order chi connectivity index (χ1) is 7.44. The van der Waals surface area contributed by atoms with E-state index in [9.17, 15) is 13.2 Å². The molecular weight excluding hydrogens is 230 g/mol. The minimum absolute atomic E-state index is 0.0446. The highest BCUT2D eigenvalue weighted by Crippen LogP contribution is 2.05. The molecule has 1 aliphatic rings. The number of nitrogens with zero attached hydrogens (tertiary/aromatic N) is 2. The zero-order valence-electron chi connectivity index (χ0n) is 9.14. The molecule has 0 radical (unpaired) electrons. The van der Waals surface area contributed by atoms with Crippen molar-refractivity contribution in [3.05, 3.63) is 0 Å². The Morgan fingerprint density at radius 3 is 2.88 bits per heavy atom. The van der Waals surface area contributed by atoms with Crippen LogP contribution in [0.25, 0.3) is 0 Å². The first kappa shape index (κ1) is 12.9. The molecule has 16 heavy (non-hydrogen) atoms. The van der Waals surface area contributed by atoms with E-state index in [0.717, 1.165) is 6.26 Å². The third-order valence-corrected chi connectivity index (χ3v) is 3.35. The van der Waals surface area contributed by atoms with E-state index in [1.807, 2.05) is 6.07 Å². The molecule has 90 valence electrons. The summed E-state index contributed by atoms with van der Waals surface area (Å²) in [6.07, 6.45) is 1.05. The second-order valence-corrected chi connectivity index (χ2v) is 6.08. The number of piperazine rings is 1. The average Bonchev–Trinajstić information content (AvgIpc) is 2.25. The monoisotopic (exact) mass is 245 g/mol. The predicted octanol–water partition coefficient (Wildman–Crippen LogP) is -1.25. The van der Waals surface area contributed by atoms with Gasteiger partial charge in [-0.05, 0) is 0 Å². The number of nitrogens with one attached hydrogen (secondary N) is 1. The first-order valence-electron chi connectivity index (χ1n) is 5.01. The van der Waals surface area contributed by atoms with E-state index in [1.165, 1.54) is 4.90 Å². The minimum Gasteiger partial charge on any atom is -0.324 e. The number of carbonyl (C=O) groups excluding carboxylic acids is 1. The molecular formula is C9H15N3O3S. The Morgan fingerprint density at radius 1 is 1.62 bits per heavy atom. The number of amides is 1. The Balaban J connectivity index is 2.55. The van der Waals surface area contributed by atoms with Gasteiger partial charge in [0.15, 0.2) is 0 Å². The fraction of sp³-hybridized carbons (Fsp3) is 0.778. The van der Waals surface area contributed by atoms with Gasteiger partial charge in [0.1, 0.15) is 15.9 Å². The van der Waals surface area contributed by atoms with Gasteiger partial charge in [0.2, 0.25) is 5.91 Å². The normalized spacial score (nSPS) is 21.5. The average molecular weight is 245 g/mol. The number of sulfone groups is 1. The maximum absolute atomic E-state index is 11.7. The largest absolute Gasteiger partial charge is 0.324 e. The molecule has 1 aliphatic heterocycles. The van der Waals surface area contributed by atoms with Crippen LogP contribution in [0.15, 0.2) is 0 Å². The zero-order valence-corrected chi connectivity index (χ0v) is 9.96. The van der Waals surface area contributed by atoms with Crippen LogP contribution in [0.2, 0.25) is 0 Å². The summed E-state index contributed by atoms with van der Waals surface area (Å²) in [5, 5.41) is 11.8. The van der Waals surface area contributed by atoms with Crippen LogP contribution in [-0.2, 0) is 14.6 Å². The molecule has 1 atom stereocenters. The number of hydrogen-bond donors (Lipinski definition) is 1. The molecule has 1 unspecified atom stereocenters. The van der Waals surface area contributed by atoms with Crippen LogP contribution in [0.5, 0.6) is 0 Å². The second-order valence-electron chi connectivity index (χ2n) is 3.82. The van der Waals surface area contributed by atoms with E-state index in [1.54, 1.807) is 0 Å². The first-order valence-corrected chi connectivity index (χ1v) is 7.07. The molecule has 7 heteroatoms. The molecule has 6 nitrogen and oxygen atoms in total. The molecule has 0 aliphatic carbocycles. The Morgan fingerprint density at radius 2 is 2.31 bits per heavy atom. The summed E-state index contributed by atoms with van der Waals surface area (Å²) < 4.78 is 21.8. The maximum Gasteiger partial charge on any atom is 0.224 e. The van der Waals surface area contributed by atoms with Gasteiger partial charge in [-0.1, -0.05) is 0 Å². The fourth-order valence-electron chi connectivity index (χ4n) is 1.53. The van der Waals surface area contributed by atoms with Gasteiger partial charge in [-0.2, -0.15) is 5.26 Å².